The van der Waals surface area contributed by atoms with Crippen molar-refractivity contribution in [3.63, 3.8) is 0 Å². The first kappa shape index (κ1) is 23.1. The molecule has 0 saturated carbocycles. The summed E-state index contributed by atoms with van der Waals surface area (Å²) in [6.07, 6.45) is 0. The van der Waals surface area contributed by atoms with E-state index in [1.165, 1.54) is 4.90 Å². The van der Waals surface area contributed by atoms with Gasteiger partial charge in [0.1, 0.15) is 17.3 Å². The average molecular weight is 458 g/mol. The fourth-order valence-electron chi connectivity index (χ4n) is 4.45. The Balaban J connectivity index is 1.89. The van der Waals surface area contributed by atoms with Crippen molar-refractivity contribution in [2.24, 2.45) is 0 Å². The molecule has 1 saturated heterocycles. The third-order valence-electron chi connectivity index (χ3n) is 6.19. The van der Waals surface area contributed by atoms with Gasteiger partial charge < -0.3 is 19.5 Å². The van der Waals surface area contributed by atoms with Crippen LogP contribution in [0, 0.1) is 13.8 Å². The number of methoxy groups -OCH3 is 2. The van der Waals surface area contributed by atoms with Crippen molar-refractivity contribution in [2.75, 3.05) is 14.2 Å². The number of likely N-dealkylation sites (tertiary alicyclic amines) is 1. The molecule has 1 heterocycles. The molecule has 0 aromatic heterocycles. The summed E-state index contributed by atoms with van der Waals surface area (Å²) in [5, 5.41) is 11.4. The number of rotatable bonds is 6. The summed E-state index contributed by atoms with van der Waals surface area (Å²) < 4.78 is 10.8. The van der Waals surface area contributed by atoms with Gasteiger partial charge >= 0.3 is 0 Å². The Bertz CT molecular complexity index is 1280. The molecule has 1 unspecified atom stereocenters. The van der Waals surface area contributed by atoms with Crippen LogP contribution in [0.5, 0.6) is 11.5 Å². The maximum absolute atomic E-state index is 13.3. The monoisotopic (exact) mass is 457 g/mol. The van der Waals surface area contributed by atoms with Crippen LogP contribution >= 0.6 is 0 Å². The first-order valence-corrected chi connectivity index (χ1v) is 11.0. The molecular formula is C28H27NO5. The molecule has 0 aliphatic carbocycles. The van der Waals surface area contributed by atoms with Gasteiger partial charge in [-0.05, 0) is 48.7 Å². The van der Waals surface area contributed by atoms with E-state index in [9.17, 15) is 14.7 Å². The second kappa shape index (κ2) is 9.43. The Hall–Kier alpha value is -4.06. The Kier molecular flexibility index (Phi) is 6.41. The molecule has 174 valence electrons. The Morgan fingerprint density at radius 2 is 1.53 bits per heavy atom. The number of benzene rings is 3. The van der Waals surface area contributed by atoms with Crippen LogP contribution < -0.4 is 9.47 Å². The Morgan fingerprint density at radius 1 is 0.882 bits per heavy atom. The summed E-state index contributed by atoms with van der Waals surface area (Å²) in [6.45, 7) is 3.86. The summed E-state index contributed by atoms with van der Waals surface area (Å²) in [7, 11) is 3.15. The normalized spacial score (nSPS) is 17.2. The topological polar surface area (TPSA) is 76.1 Å². The number of ketones is 1. The molecule has 3 aromatic carbocycles. The number of hydrogen-bond donors (Lipinski definition) is 1. The van der Waals surface area contributed by atoms with Crippen LogP contribution in [-0.2, 0) is 16.1 Å². The van der Waals surface area contributed by atoms with E-state index >= 15 is 0 Å². The van der Waals surface area contributed by atoms with Crippen molar-refractivity contribution in [3.8, 4) is 11.5 Å². The summed E-state index contributed by atoms with van der Waals surface area (Å²) in [4.78, 5) is 28.1. The summed E-state index contributed by atoms with van der Waals surface area (Å²) in [5.41, 5.74) is 3.62. The van der Waals surface area contributed by atoms with E-state index in [0.717, 1.165) is 22.3 Å². The zero-order valence-corrected chi connectivity index (χ0v) is 19.7. The molecular weight excluding hydrogens is 430 g/mol. The molecule has 6 nitrogen and oxygen atoms in total. The van der Waals surface area contributed by atoms with Gasteiger partial charge in [-0.25, -0.2) is 0 Å². The maximum atomic E-state index is 13.3. The number of carbonyl (C=O) groups excluding carboxylic acids is 2. The maximum Gasteiger partial charge on any atom is 0.295 e. The van der Waals surface area contributed by atoms with Gasteiger partial charge in [0.2, 0.25) is 0 Å². The molecule has 0 spiro atoms. The van der Waals surface area contributed by atoms with Crippen molar-refractivity contribution in [3.05, 3.63) is 100 Å². The predicted molar refractivity (Wildman–Crippen MR) is 130 cm³/mol. The zero-order valence-electron chi connectivity index (χ0n) is 19.7. The SMILES string of the molecule is COc1cc(C)c(/C(O)=C2\C(=O)C(=O)N(Cc3ccccc3OC)C2c2ccccc2)cc1C. The van der Waals surface area contributed by atoms with Crippen LogP contribution in [0.2, 0.25) is 0 Å². The van der Waals surface area contributed by atoms with Crippen molar-refractivity contribution in [2.45, 2.75) is 26.4 Å². The number of aliphatic hydroxyl groups is 1. The van der Waals surface area contributed by atoms with Gasteiger partial charge in [0.05, 0.1) is 32.4 Å². The zero-order chi connectivity index (χ0) is 24.4. The lowest BCUT2D eigenvalue weighted by molar-refractivity contribution is -0.140. The Morgan fingerprint density at radius 3 is 2.21 bits per heavy atom. The largest absolute Gasteiger partial charge is 0.507 e. The van der Waals surface area contributed by atoms with E-state index in [-0.39, 0.29) is 17.9 Å². The average Bonchev–Trinajstić information content (AvgIpc) is 3.10. The number of ether oxygens (including phenoxy) is 2. The molecule has 3 aromatic rings. The van der Waals surface area contributed by atoms with Gasteiger partial charge in [-0.15, -0.1) is 0 Å². The number of hydrogen-bond acceptors (Lipinski definition) is 5. The molecule has 1 fully saturated rings. The lowest BCUT2D eigenvalue weighted by atomic mass is 9.93. The summed E-state index contributed by atoms with van der Waals surface area (Å²) >= 11 is 0. The number of Topliss-reactive ketones (excluding diaryl/α,β-unsaturated/α-hetero) is 1. The highest BCUT2D eigenvalue weighted by molar-refractivity contribution is 6.46. The summed E-state index contributed by atoms with van der Waals surface area (Å²) in [6, 6.07) is 19.5. The van der Waals surface area contributed by atoms with Crippen molar-refractivity contribution < 1.29 is 24.2 Å². The highest BCUT2D eigenvalue weighted by Crippen LogP contribution is 2.41. The highest BCUT2D eigenvalue weighted by atomic mass is 16.5. The van der Waals surface area contributed by atoms with Crippen LogP contribution in [0.4, 0.5) is 0 Å². The van der Waals surface area contributed by atoms with Crippen LogP contribution in [0.25, 0.3) is 5.76 Å². The standard InChI is InChI=1S/C28H27NO5/c1-17-15-23(34-4)18(2)14-21(17)26(30)24-25(19-10-6-5-7-11-19)29(28(32)27(24)31)16-20-12-8-9-13-22(20)33-3/h5-15,25,30H,16H2,1-4H3/b26-24+. The van der Waals surface area contributed by atoms with Gasteiger partial charge in [0, 0.05) is 11.1 Å². The number of aryl methyl sites for hydroxylation is 2. The van der Waals surface area contributed by atoms with Crippen molar-refractivity contribution >= 4 is 17.4 Å². The second-order valence-electron chi connectivity index (χ2n) is 8.29. The Labute approximate surface area is 199 Å². The molecule has 6 heteroatoms. The molecule has 0 bridgehead atoms. The van der Waals surface area contributed by atoms with E-state index < -0.39 is 17.7 Å². The van der Waals surface area contributed by atoms with E-state index in [2.05, 4.69) is 0 Å². The number of para-hydroxylation sites is 1. The second-order valence-corrected chi connectivity index (χ2v) is 8.29. The molecule has 0 radical (unpaired) electrons. The first-order valence-electron chi connectivity index (χ1n) is 11.0. The smallest absolute Gasteiger partial charge is 0.295 e. The van der Waals surface area contributed by atoms with E-state index in [0.29, 0.717) is 17.1 Å². The summed E-state index contributed by atoms with van der Waals surface area (Å²) in [5.74, 6) is -0.264. The van der Waals surface area contributed by atoms with Gasteiger partial charge in [0.15, 0.2) is 0 Å². The minimum absolute atomic E-state index is 0.0683. The van der Waals surface area contributed by atoms with E-state index in [4.69, 9.17) is 9.47 Å². The molecule has 1 amide bonds. The van der Waals surface area contributed by atoms with Gasteiger partial charge in [-0.1, -0.05) is 48.5 Å². The lowest BCUT2D eigenvalue weighted by Crippen LogP contribution is -2.29. The number of carbonyl (C=O) groups is 2. The predicted octanol–water partition coefficient (Wildman–Crippen LogP) is 4.94. The third-order valence-corrected chi connectivity index (χ3v) is 6.19. The number of aliphatic hydroxyl groups excluding tert-OH is 1. The molecule has 1 aliphatic rings. The van der Waals surface area contributed by atoms with Crippen molar-refractivity contribution in [1.29, 1.82) is 0 Å². The fourth-order valence-corrected chi connectivity index (χ4v) is 4.45. The van der Waals surface area contributed by atoms with Crippen LogP contribution in [0.15, 0.2) is 72.3 Å². The highest BCUT2D eigenvalue weighted by Gasteiger charge is 2.46. The number of nitrogens with zero attached hydrogens (tertiary/aromatic N) is 1. The lowest BCUT2D eigenvalue weighted by Gasteiger charge is -2.26. The van der Waals surface area contributed by atoms with Crippen LogP contribution in [-0.4, -0.2) is 35.9 Å². The number of amides is 1. The quantitative estimate of drug-likeness (QED) is 0.322. The molecule has 1 N–H and O–H groups in total. The van der Waals surface area contributed by atoms with E-state index in [1.807, 2.05) is 74.5 Å². The molecule has 1 aliphatic heterocycles. The van der Waals surface area contributed by atoms with Gasteiger partial charge in [0.25, 0.3) is 11.7 Å². The van der Waals surface area contributed by atoms with Gasteiger partial charge in [-0.3, -0.25) is 9.59 Å². The minimum Gasteiger partial charge on any atom is -0.507 e. The third kappa shape index (κ3) is 4.03. The minimum atomic E-state index is -0.743. The fraction of sp³-hybridized carbons (Fsp3) is 0.214. The van der Waals surface area contributed by atoms with E-state index in [1.54, 1.807) is 20.3 Å². The van der Waals surface area contributed by atoms with Gasteiger partial charge in [-0.2, -0.15) is 0 Å². The molecule has 4 rings (SSSR count). The van der Waals surface area contributed by atoms with Crippen LogP contribution in [0.1, 0.15) is 33.9 Å². The molecule has 34 heavy (non-hydrogen) atoms. The molecule has 1 atom stereocenters. The van der Waals surface area contributed by atoms with Crippen LogP contribution in [0.3, 0.4) is 0 Å². The first-order chi connectivity index (χ1) is 16.4. The van der Waals surface area contributed by atoms with Crippen molar-refractivity contribution in [1.82, 2.24) is 4.90 Å².